The average molecular weight is 467 g/mol. The van der Waals surface area contributed by atoms with Crippen LogP contribution in [0.2, 0.25) is 0 Å². The third kappa shape index (κ3) is 3.95. The second-order valence-electron chi connectivity index (χ2n) is 8.25. The Morgan fingerprint density at radius 1 is 0.943 bits per heavy atom. The third-order valence-corrected chi connectivity index (χ3v) is 6.11. The molecule has 0 spiro atoms. The largest absolute Gasteiger partial charge is 0.461 e. The summed E-state index contributed by atoms with van der Waals surface area (Å²) in [5.41, 5.74) is 9.84. The van der Waals surface area contributed by atoms with Gasteiger partial charge in [-0.1, -0.05) is 12.1 Å². The topological polar surface area (TPSA) is 119 Å². The molecule has 1 saturated heterocycles. The molecule has 1 aromatic carbocycles. The molecule has 174 valence electrons. The van der Waals surface area contributed by atoms with Crippen LogP contribution in [0.4, 0.5) is 11.5 Å². The molecule has 5 aromatic rings. The number of nitrogens with two attached hydrogens (primary N) is 1. The molecule has 1 fully saturated rings. The third-order valence-electron chi connectivity index (χ3n) is 6.11. The van der Waals surface area contributed by atoms with Crippen LogP contribution in [-0.4, -0.2) is 61.6 Å². The van der Waals surface area contributed by atoms with Gasteiger partial charge < -0.3 is 20.0 Å². The molecule has 5 heterocycles. The van der Waals surface area contributed by atoms with Gasteiger partial charge in [-0.3, -0.25) is 9.78 Å². The molecular formula is C25H22N8O2. The van der Waals surface area contributed by atoms with Gasteiger partial charge in [-0.15, -0.1) is 5.10 Å². The van der Waals surface area contributed by atoms with Crippen LogP contribution in [0.1, 0.15) is 10.4 Å². The maximum Gasteiger partial charge on any atom is 0.253 e. The average Bonchev–Trinajstić information content (AvgIpc) is 3.60. The highest BCUT2D eigenvalue weighted by Crippen LogP contribution is 2.24. The molecule has 0 atom stereocenters. The lowest BCUT2D eigenvalue weighted by atomic mass is 10.1. The van der Waals surface area contributed by atoms with Crippen LogP contribution in [0.25, 0.3) is 28.5 Å². The fourth-order valence-electron chi connectivity index (χ4n) is 4.25. The second kappa shape index (κ2) is 8.56. The van der Waals surface area contributed by atoms with E-state index in [0.29, 0.717) is 41.6 Å². The predicted molar refractivity (Wildman–Crippen MR) is 131 cm³/mol. The summed E-state index contributed by atoms with van der Waals surface area (Å²) in [6.45, 7) is 2.91. The number of nitrogens with zero attached hydrogens (tertiary/aromatic N) is 7. The SMILES string of the molecule is Nc1nc(-c2ccc(C(=O)N3CCN(c4ccncc4)CC3)cc2)cn2nc(-c3ccco3)nc12. The number of benzene rings is 1. The number of amides is 1. The van der Waals surface area contributed by atoms with Crippen molar-refractivity contribution in [2.45, 2.75) is 0 Å². The molecule has 10 heteroatoms. The minimum Gasteiger partial charge on any atom is -0.461 e. The van der Waals surface area contributed by atoms with Crippen molar-refractivity contribution in [1.82, 2.24) is 29.5 Å². The van der Waals surface area contributed by atoms with Gasteiger partial charge >= 0.3 is 0 Å². The van der Waals surface area contributed by atoms with Crippen LogP contribution in [0, 0.1) is 0 Å². The molecule has 2 N–H and O–H groups in total. The first-order chi connectivity index (χ1) is 17.2. The Bertz CT molecular complexity index is 1470. The van der Waals surface area contributed by atoms with Crippen molar-refractivity contribution in [1.29, 1.82) is 0 Å². The van der Waals surface area contributed by atoms with Gasteiger partial charge in [0, 0.05) is 55.4 Å². The Kier molecular flexibility index (Phi) is 5.10. The molecule has 1 aliphatic rings. The highest BCUT2D eigenvalue weighted by molar-refractivity contribution is 5.95. The van der Waals surface area contributed by atoms with E-state index in [0.717, 1.165) is 24.3 Å². The number of piperazine rings is 1. The van der Waals surface area contributed by atoms with Crippen molar-refractivity contribution >= 4 is 23.1 Å². The Balaban J connectivity index is 1.18. The van der Waals surface area contributed by atoms with Gasteiger partial charge in [0.15, 0.2) is 17.2 Å². The minimum absolute atomic E-state index is 0.0215. The number of fused-ring (bicyclic) bond motifs is 1. The van der Waals surface area contributed by atoms with Crippen LogP contribution >= 0.6 is 0 Å². The van der Waals surface area contributed by atoms with E-state index < -0.39 is 0 Å². The van der Waals surface area contributed by atoms with Crippen molar-refractivity contribution in [3.8, 4) is 22.8 Å². The Morgan fingerprint density at radius 3 is 2.43 bits per heavy atom. The van der Waals surface area contributed by atoms with Gasteiger partial charge in [0.05, 0.1) is 18.2 Å². The highest BCUT2D eigenvalue weighted by atomic mass is 16.3. The first-order valence-corrected chi connectivity index (χ1v) is 11.3. The molecule has 1 aliphatic heterocycles. The van der Waals surface area contributed by atoms with Gasteiger partial charge in [0.1, 0.15) is 0 Å². The lowest BCUT2D eigenvalue weighted by Crippen LogP contribution is -2.48. The zero-order valence-electron chi connectivity index (χ0n) is 18.8. The quantitative estimate of drug-likeness (QED) is 0.429. The van der Waals surface area contributed by atoms with Gasteiger partial charge in [-0.05, 0) is 36.4 Å². The summed E-state index contributed by atoms with van der Waals surface area (Å²) in [6, 6.07) is 14.9. The number of hydrogen-bond acceptors (Lipinski definition) is 8. The van der Waals surface area contributed by atoms with Crippen LogP contribution in [0.5, 0.6) is 0 Å². The van der Waals surface area contributed by atoms with Crippen LogP contribution < -0.4 is 10.6 Å². The van der Waals surface area contributed by atoms with Gasteiger partial charge in [-0.2, -0.15) is 0 Å². The van der Waals surface area contributed by atoms with Crippen molar-refractivity contribution in [2.75, 3.05) is 36.8 Å². The number of aromatic nitrogens is 5. The Morgan fingerprint density at radius 2 is 1.71 bits per heavy atom. The maximum absolute atomic E-state index is 13.1. The summed E-state index contributed by atoms with van der Waals surface area (Å²) >= 11 is 0. The van der Waals surface area contributed by atoms with E-state index in [9.17, 15) is 4.79 Å². The molecular weight excluding hydrogens is 444 g/mol. The van der Waals surface area contributed by atoms with Gasteiger partial charge in [0.2, 0.25) is 5.82 Å². The molecule has 4 aromatic heterocycles. The molecule has 6 rings (SSSR count). The van der Waals surface area contributed by atoms with E-state index in [4.69, 9.17) is 10.2 Å². The van der Waals surface area contributed by atoms with Crippen molar-refractivity contribution < 1.29 is 9.21 Å². The summed E-state index contributed by atoms with van der Waals surface area (Å²) in [7, 11) is 0. The Hall–Kier alpha value is -4.73. The normalized spacial score (nSPS) is 13.9. The lowest BCUT2D eigenvalue weighted by molar-refractivity contribution is 0.0747. The monoisotopic (exact) mass is 466 g/mol. The predicted octanol–water partition coefficient (Wildman–Crippen LogP) is 2.99. The fourth-order valence-corrected chi connectivity index (χ4v) is 4.25. The van der Waals surface area contributed by atoms with Crippen molar-refractivity contribution in [2.24, 2.45) is 0 Å². The number of pyridine rings is 1. The first-order valence-electron chi connectivity index (χ1n) is 11.3. The zero-order chi connectivity index (χ0) is 23.8. The number of nitrogen functional groups attached to an aromatic ring is 1. The van der Waals surface area contributed by atoms with E-state index in [1.807, 2.05) is 41.3 Å². The van der Waals surface area contributed by atoms with E-state index >= 15 is 0 Å². The maximum atomic E-state index is 13.1. The molecule has 1 amide bonds. The second-order valence-corrected chi connectivity index (χ2v) is 8.25. The number of carbonyl (C=O) groups is 1. The number of hydrogen-bond donors (Lipinski definition) is 1. The molecule has 0 aliphatic carbocycles. The number of rotatable bonds is 4. The standard InChI is InChI=1S/C25H22N8O2/c26-22-24-29-23(21-2-1-15-35-21)30-33(24)16-20(28-22)17-3-5-18(6-4-17)25(34)32-13-11-31(12-14-32)19-7-9-27-10-8-19/h1-10,15-16H,11-14H2,(H2,26,28). The van der Waals surface area contributed by atoms with Gasteiger partial charge in [-0.25, -0.2) is 14.5 Å². The summed E-state index contributed by atoms with van der Waals surface area (Å²) in [5.74, 6) is 1.28. The van der Waals surface area contributed by atoms with E-state index in [1.165, 1.54) is 0 Å². The zero-order valence-corrected chi connectivity index (χ0v) is 18.8. The highest BCUT2D eigenvalue weighted by Gasteiger charge is 2.22. The number of carbonyl (C=O) groups excluding carboxylic acids is 1. The van der Waals surface area contributed by atoms with Crippen molar-refractivity contribution in [3.05, 3.63) is 78.9 Å². The van der Waals surface area contributed by atoms with Crippen LogP contribution in [0.3, 0.4) is 0 Å². The molecule has 0 unspecified atom stereocenters. The summed E-state index contributed by atoms with van der Waals surface area (Å²) in [4.78, 5) is 30.2. The number of furan rings is 1. The fraction of sp³-hybridized carbons (Fsp3) is 0.160. The van der Waals surface area contributed by atoms with Crippen LogP contribution in [-0.2, 0) is 0 Å². The summed E-state index contributed by atoms with van der Waals surface area (Å²) in [5, 5.41) is 4.46. The summed E-state index contributed by atoms with van der Waals surface area (Å²) < 4.78 is 6.97. The first kappa shape index (κ1) is 20.8. The van der Waals surface area contributed by atoms with E-state index in [1.54, 1.807) is 41.5 Å². The molecule has 0 saturated carbocycles. The molecule has 10 nitrogen and oxygen atoms in total. The number of anilines is 2. The Labute approximate surface area is 200 Å². The van der Waals surface area contributed by atoms with E-state index in [-0.39, 0.29) is 11.7 Å². The van der Waals surface area contributed by atoms with Gasteiger partial charge in [0.25, 0.3) is 5.91 Å². The lowest BCUT2D eigenvalue weighted by Gasteiger charge is -2.36. The summed E-state index contributed by atoms with van der Waals surface area (Å²) in [6.07, 6.45) is 6.91. The molecule has 0 bridgehead atoms. The molecule has 35 heavy (non-hydrogen) atoms. The smallest absolute Gasteiger partial charge is 0.253 e. The van der Waals surface area contributed by atoms with Crippen LogP contribution in [0.15, 0.2) is 77.8 Å². The van der Waals surface area contributed by atoms with Crippen molar-refractivity contribution in [3.63, 3.8) is 0 Å². The van der Waals surface area contributed by atoms with E-state index in [2.05, 4.69) is 25.0 Å². The molecule has 0 radical (unpaired) electrons. The minimum atomic E-state index is 0.0215.